The van der Waals surface area contributed by atoms with Crippen LogP contribution in [0.1, 0.15) is 25.7 Å². The van der Waals surface area contributed by atoms with Gasteiger partial charge in [-0.1, -0.05) is 12.8 Å². The Bertz CT molecular complexity index is 166. The molecule has 13 heavy (non-hydrogen) atoms. The van der Waals surface area contributed by atoms with Crippen molar-refractivity contribution in [2.24, 2.45) is 0 Å². The van der Waals surface area contributed by atoms with Gasteiger partial charge in [0, 0.05) is 13.2 Å². The maximum Gasteiger partial charge on any atom is 0.323 e. The number of carbonyl (C=O) groups is 1. The van der Waals surface area contributed by atoms with Gasteiger partial charge in [-0.2, -0.15) is 0 Å². The summed E-state index contributed by atoms with van der Waals surface area (Å²) in [6, 6.07) is -0.177. The molecule has 0 heterocycles. The molecular weight excluding hydrogens is 170 g/mol. The molecule has 0 aliphatic heterocycles. The lowest BCUT2D eigenvalue weighted by Gasteiger charge is -2.18. The van der Waals surface area contributed by atoms with Crippen LogP contribution in [0, 0.1) is 0 Å². The summed E-state index contributed by atoms with van der Waals surface area (Å²) in [4.78, 5) is 10.7. The molecule has 0 amide bonds. The molecule has 0 saturated heterocycles. The lowest BCUT2D eigenvalue weighted by atomic mass is 10.2. The Morgan fingerprint density at radius 2 is 2.23 bits per heavy atom. The molecule has 1 saturated carbocycles. The van der Waals surface area contributed by atoms with Crippen molar-refractivity contribution < 1.29 is 14.6 Å². The van der Waals surface area contributed by atoms with Crippen molar-refractivity contribution in [2.75, 3.05) is 13.7 Å². The second-order valence-electron chi connectivity index (χ2n) is 3.49. The van der Waals surface area contributed by atoms with E-state index in [1.165, 1.54) is 20.0 Å². The molecule has 1 aliphatic carbocycles. The first-order chi connectivity index (χ1) is 6.24. The van der Waals surface area contributed by atoms with Gasteiger partial charge >= 0.3 is 5.97 Å². The minimum absolute atomic E-state index is 0.242. The van der Waals surface area contributed by atoms with E-state index in [0.29, 0.717) is 6.04 Å². The molecule has 2 N–H and O–H groups in total. The monoisotopic (exact) mass is 187 g/mol. The quantitative estimate of drug-likeness (QED) is 0.662. The van der Waals surface area contributed by atoms with E-state index in [0.717, 1.165) is 12.8 Å². The van der Waals surface area contributed by atoms with Crippen LogP contribution in [-0.4, -0.2) is 36.9 Å². The largest absolute Gasteiger partial charge is 0.480 e. The van der Waals surface area contributed by atoms with E-state index in [4.69, 9.17) is 9.84 Å². The van der Waals surface area contributed by atoms with Gasteiger partial charge in [-0.25, -0.2) is 0 Å². The second kappa shape index (κ2) is 5.19. The molecule has 1 aliphatic rings. The van der Waals surface area contributed by atoms with Crippen LogP contribution in [0.15, 0.2) is 0 Å². The molecule has 4 heteroatoms. The third-order valence-electron chi connectivity index (χ3n) is 2.42. The zero-order valence-corrected chi connectivity index (χ0v) is 7.95. The Labute approximate surface area is 78.3 Å². The molecule has 1 atom stereocenters. The van der Waals surface area contributed by atoms with Crippen molar-refractivity contribution in [3.05, 3.63) is 0 Å². The van der Waals surface area contributed by atoms with Gasteiger partial charge in [0.2, 0.25) is 0 Å². The van der Waals surface area contributed by atoms with E-state index in [9.17, 15) is 4.79 Å². The van der Waals surface area contributed by atoms with Crippen molar-refractivity contribution in [3.63, 3.8) is 0 Å². The average molecular weight is 187 g/mol. The molecule has 4 nitrogen and oxygen atoms in total. The van der Waals surface area contributed by atoms with Crippen molar-refractivity contribution >= 4 is 5.97 Å². The van der Waals surface area contributed by atoms with Gasteiger partial charge in [0.05, 0.1) is 6.61 Å². The highest BCUT2D eigenvalue weighted by atomic mass is 16.5. The van der Waals surface area contributed by atoms with Gasteiger partial charge < -0.3 is 9.84 Å². The Kier molecular flexibility index (Phi) is 4.18. The Morgan fingerprint density at radius 3 is 2.69 bits per heavy atom. The summed E-state index contributed by atoms with van der Waals surface area (Å²) < 4.78 is 4.83. The number of carboxylic acids is 1. The zero-order valence-electron chi connectivity index (χ0n) is 7.95. The van der Waals surface area contributed by atoms with Gasteiger partial charge in [0.25, 0.3) is 0 Å². The molecule has 1 unspecified atom stereocenters. The third kappa shape index (κ3) is 3.32. The lowest BCUT2D eigenvalue weighted by molar-refractivity contribution is -0.141. The van der Waals surface area contributed by atoms with Crippen molar-refractivity contribution in [2.45, 2.75) is 37.8 Å². The molecule has 1 rings (SSSR count). The molecule has 76 valence electrons. The number of aliphatic carboxylic acids is 1. The number of methoxy groups -OCH3 is 1. The van der Waals surface area contributed by atoms with Crippen LogP contribution in [0.25, 0.3) is 0 Å². The van der Waals surface area contributed by atoms with E-state index in [1.807, 2.05) is 0 Å². The van der Waals surface area contributed by atoms with Crippen LogP contribution in [0.3, 0.4) is 0 Å². The molecule has 0 aromatic carbocycles. The standard InChI is InChI=1S/C9H17NO3/c1-13-6-8(9(11)12)10-7-4-2-3-5-7/h7-8,10H,2-6H2,1H3,(H,11,12). The van der Waals surface area contributed by atoms with E-state index in [-0.39, 0.29) is 6.61 Å². The minimum Gasteiger partial charge on any atom is -0.480 e. The molecule has 0 aromatic heterocycles. The maximum absolute atomic E-state index is 10.7. The van der Waals surface area contributed by atoms with Crippen LogP contribution in [0.5, 0.6) is 0 Å². The smallest absolute Gasteiger partial charge is 0.323 e. The Hall–Kier alpha value is -0.610. The van der Waals surface area contributed by atoms with Crippen LogP contribution < -0.4 is 5.32 Å². The molecule has 0 aromatic rings. The van der Waals surface area contributed by atoms with E-state index in [2.05, 4.69) is 5.32 Å². The minimum atomic E-state index is -0.825. The second-order valence-corrected chi connectivity index (χ2v) is 3.49. The fourth-order valence-electron chi connectivity index (χ4n) is 1.73. The summed E-state index contributed by atoms with van der Waals surface area (Å²) in [5.74, 6) is -0.825. The van der Waals surface area contributed by atoms with Gasteiger partial charge in [-0.3, -0.25) is 10.1 Å². The van der Waals surface area contributed by atoms with E-state index < -0.39 is 12.0 Å². The number of hydrogen-bond acceptors (Lipinski definition) is 3. The van der Waals surface area contributed by atoms with E-state index >= 15 is 0 Å². The van der Waals surface area contributed by atoms with Crippen molar-refractivity contribution in [1.29, 1.82) is 0 Å². The van der Waals surface area contributed by atoms with Gasteiger partial charge in [0.15, 0.2) is 0 Å². The first-order valence-corrected chi connectivity index (χ1v) is 4.72. The summed E-state index contributed by atoms with van der Waals surface area (Å²) in [5, 5.41) is 11.9. The topological polar surface area (TPSA) is 58.6 Å². The van der Waals surface area contributed by atoms with Crippen LogP contribution in [-0.2, 0) is 9.53 Å². The molecule has 1 fully saturated rings. The predicted molar refractivity (Wildman–Crippen MR) is 48.7 cm³/mol. The summed E-state index contributed by atoms with van der Waals surface area (Å²) in [6.07, 6.45) is 4.59. The number of nitrogens with one attached hydrogen (secondary N) is 1. The lowest BCUT2D eigenvalue weighted by Crippen LogP contribution is -2.45. The molecule has 0 spiro atoms. The van der Waals surface area contributed by atoms with E-state index in [1.54, 1.807) is 0 Å². The Balaban J connectivity index is 2.32. The number of rotatable bonds is 5. The highest BCUT2D eigenvalue weighted by Crippen LogP contribution is 2.18. The fourth-order valence-corrected chi connectivity index (χ4v) is 1.73. The van der Waals surface area contributed by atoms with Crippen molar-refractivity contribution in [3.8, 4) is 0 Å². The van der Waals surface area contributed by atoms with Gasteiger partial charge in [-0.15, -0.1) is 0 Å². The number of carboxylic acid groups (broad SMARTS) is 1. The summed E-state index contributed by atoms with van der Waals surface area (Å²) in [5.41, 5.74) is 0. The SMILES string of the molecule is COCC(NC1CCCC1)C(=O)O. The predicted octanol–water partition coefficient (Wildman–Crippen LogP) is 0.618. The number of ether oxygens (including phenoxy) is 1. The summed E-state index contributed by atoms with van der Waals surface area (Å²) in [7, 11) is 1.52. The Morgan fingerprint density at radius 1 is 1.62 bits per heavy atom. The maximum atomic E-state index is 10.7. The van der Waals surface area contributed by atoms with Gasteiger partial charge in [0.1, 0.15) is 6.04 Å². The third-order valence-corrected chi connectivity index (χ3v) is 2.42. The first-order valence-electron chi connectivity index (χ1n) is 4.72. The van der Waals surface area contributed by atoms with Crippen LogP contribution in [0.4, 0.5) is 0 Å². The van der Waals surface area contributed by atoms with Gasteiger partial charge in [-0.05, 0) is 12.8 Å². The fraction of sp³-hybridized carbons (Fsp3) is 0.889. The summed E-state index contributed by atoms with van der Waals surface area (Å²) >= 11 is 0. The molecule has 0 radical (unpaired) electrons. The first kappa shape index (κ1) is 10.5. The number of hydrogen-bond donors (Lipinski definition) is 2. The van der Waals surface area contributed by atoms with Crippen LogP contribution >= 0.6 is 0 Å². The zero-order chi connectivity index (χ0) is 9.68. The summed E-state index contributed by atoms with van der Waals surface area (Å²) in [6.45, 7) is 0.242. The molecule has 0 bridgehead atoms. The highest BCUT2D eigenvalue weighted by molar-refractivity contribution is 5.73. The normalized spacial score (nSPS) is 20.4. The van der Waals surface area contributed by atoms with Crippen molar-refractivity contribution in [1.82, 2.24) is 5.32 Å². The average Bonchev–Trinajstić information content (AvgIpc) is 2.56. The molecular formula is C9H17NO3. The highest BCUT2D eigenvalue weighted by Gasteiger charge is 2.23. The van der Waals surface area contributed by atoms with Crippen LogP contribution in [0.2, 0.25) is 0 Å².